The lowest BCUT2D eigenvalue weighted by Crippen LogP contribution is -2.27. The molecule has 1 saturated carbocycles. The average molecular weight is 446 g/mol. The van der Waals surface area contributed by atoms with E-state index in [2.05, 4.69) is 10.3 Å². The van der Waals surface area contributed by atoms with Gasteiger partial charge in [-0.3, -0.25) is 0 Å². The van der Waals surface area contributed by atoms with Crippen LogP contribution >= 0.6 is 0 Å². The third-order valence-electron chi connectivity index (χ3n) is 5.55. The number of esters is 1. The number of allylic oxidation sites excluding steroid dienone is 1. The van der Waals surface area contributed by atoms with E-state index >= 15 is 0 Å². The highest BCUT2D eigenvalue weighted by Gasteiger charge is 2.42. The number of hydrogen-bond acceptors (Lipinski definition) is 5. The van der Waals surface area contributed by atoms with Crippen LogP contribution in [0, 0.1) is 5.92 Å². The minimum Gasteiger partial charge on any atom is -0.475 e. The summed E-state index contributed by atoms with van der Waals surface area (Å²) in [6.45, 7) is 5.55. The molecule has 0 radical (unpaired) electrons. The maximum Gasteiger partial charge on any atom is 0.416 e. The SMILES string of the molecule is CC1=C(C(=O)OCC2CC2)C(c2ccccc2C(F)(F)F)c2c(ccnc2OC(C)C)N1. The molecule has 5 nitrogen and oxygen atoms in total. The van der Waals surface area contributed by atoms with E-state index in [1.165, 1.54) is 24.4 Å². The molecule has 1 atom stereocenters. The Balaban J connectivity index is 1.91. The fourth-order valence-electron chi connectivity index (χ4n) is 3.93. The van der Waals surface area contributed by atoms with Gasteiger partial charge >= 0.3 is 12.1 Å². The zero-order valence-corrected chi connectivity index (χ0v) is 18.1. The Morgan fingerprint density at radius 3 is 2.59 bits per heavy atom. The summed E-state index contributed by atoms with van der Waals surface area (Å²) in [5.74, 6) is -1.16. The van der Waals surface area contributed by atoms with Gasteiger partial charge in [0.05, 0.1) is 29.8 Å². The largest absolute Gasteiger partial charge is 0.475 e. The van der Waals surface area contributed by atoms with Crippen LogP contribution in [-0.2, 0) is 15.7 Å². The summed E-state index contributed by atoms with van der Waals surface area (Å²) in [5, 5.41) is 3.14. The van der Waals surface area contributed by atoms with Crippen molar-refractivity contribution in [2.75, 3.05) is 11.9 Å². The zero-order chi connectivity index (χ0) is 23.0. The maximum atomic E-state index is 14.0. The molecule has 170 valence electrons. The Morgan fingerprint density at radius 1 is 1.22 bits per heavy atom. The van der Waals surface area contributed by atoms with Crippen molar-refractivity contribution in [2.24, 2.45) is 5.92 Å². The second-order valence-corrected chi connectivity index (χ2v) is 8.47. The van der Waals surface area contributed by atoms with Gasteiger partial charge in [-0.1, -0.05) is 18.2 Å². The molecular weight excluding hydrogens is 421 g/mol. The lowest BCUT2D eigenvalue weighted by molar-refractivity contribution is -0.141. The summed E-state index contributed by atoms with van der Waals surface area (Å²) in [6, 6.07) is 6.97. The standard InChI is InChI=1S/C24H25F3N2O3/c1-13(2)32-22-21-18(10-11-28-22)29-14(3)19(23(30)31-12-15-8-9-15)20(21)16-6-4-5-7-17(16)24(25,26)27/h4-7,10-11,13,15,20,29H,8-9,12H2,1-3H3. The van der Waals surface area contributed by atoms with Crippen LogP contribution in [-0.4, -0.2) is 23.7 Å². The number of carbonyl (C=O) groups is 1. The van der Waals surface area contributed by atoms with Gasteiger partial charge in [0.15, 0.2) is 0 Å². The van der Waals surface area contributed by atoms with Crippen molar-refractivity contribution in [3.05, 3.63) is 64.5 Å². The summed E-state index contributed by atoms with van der Waals surface area (Å²) < 4.78 is 53.3. The van der Waals surface area contributed by atoms with Gasteiger partial charge in [0.1, 0.15) is 0 Å². The zero-order valence-electron chi connectivity index (χ0n) is 18.1. The fourth-order valence-corrected chi connectivity index (χ4v) is 3.93. The number of alkyl halides is 3. The summed E-state index contributed by atoms with van der Waals surface area (Å²) in [5.41, 5.74) is 0.675. The number of fused-ring (bicyclic) bond motifs is 1. The van der Waals surface area contributed by atoms with Crippen molar-refractivity contribution in [1.29, 1.82) is 0 Å². The van der Waals surface area contributed by atoms with E-state index in [4.69, 9.17) is 9.47 Å². The smallest absolute Gasteiger partial charge is 0.416 e. The van der Waals surface area contributed by atoms with Gasteiger partial charge in [-0.15, -0.1) is 0 Å². The van der Waals surface area contributed by atoms with Crippen molar-refractivity contribution in [3.8, 4) is 5.88 Å². The molecule has 8 heteroatoms. The molecule has 0 amide bonds. The number of carbonyl (C=O) groups excluding carboxylic acids is 1. The summed E-state index contributed by atoms with van der Waals surface area (Å²) in [4.78, 5) is 17.5. The molecule has 1 aromatic heterocycles. The number of aromatic nitrogens is 1. The highest BCUT2D eigenvalue weighted by molar-refractivity contribution is 5.95. The first-order valence-electron chi connectivity index (χ1n) is 10.6. The van der Waals surface area contributed by atoms with Crippen LogP contribution in [0.15, 0.2) is 47.8 Å². The van der Waals surface area contributed by atoms with E-state index in [1.54, 1.807) is 13.0 Å². The topological polar surface area (TPSA) is 60.5 Å². The Bertz CT molecular complexity index is 1060. The molecule has 32 heavy (non-hydrogen) atoms. The lowest BCUT2D eigenvalue weighted by Gasteiger charge is -2.32. The molecule has 4 rings (SSSR count). The van der Waals surface area contributed by atoms with Crippen molar-refractivity contribution in [1.82, 2.24) is 4.98 Å². The Labute approximate surface area is 184 Å². The molecular formula is C24H25F3N2O3. The van der Waals surface area contributed by atoms with Crippen molar-refractivity contribution in [3.63, 3.8) is 0 Å². The molecule has 2 aromatic rings. The predicted molar refractivity (Wildman–Crippen MR) is 113 cm³/mol. The van der Waals surface area contributed by atoms with Gasteiger partial charge in [-0.05, 0) is 57.2 Å². The highest BCUT2D eigenvalue weighted by atomic mass is 19.4. The molecule has 0 spiro atoms. The number of nitrogens with one attached hydrogen (secondary N) is 1. The van der Waals surface area contributed by atoms with E-state index in [9.17, 15) is 18.0 Å². The van der Waals surface area contributed by atoms with E-state index in [0.717, 1.165) is 18.9 Å². The normalized spacial score (nSPS) is 18.3. The van der Waals surface area contributed by atoms with Crippen LogP contribution in [0.3, 0.4) is 0 Å². The molecule has 1 aliphatic heterocycles. The molecule has 1 fully saturated rings. The van der Waals surface area contributed by atoms with Crippen LogP contribution < -0.4 is 10.1 Å². The monoisotopic (exact) mass is 446 g/mol. The summed E-state index contributed by atoms with van der Waals surface area (Å²) in [6.07, 6.45) is -1.35. The molecule has 1 N–H and O–H groups in total. The average Bonchev–Trinajstić information content (AvgIpc) is 3.54. The van der Waals surface area contributed by atoms with Gasteiger partial charge in [0, 0.05) is 23.1 Å². The van der Waals surface area contributed by atoms with E-state index < -0.39 is 23.6 Å². The van der Waals surface area contributed by atoms with Crippen LogP contribution in [0.1, 0.15) is 56.2 Å². The van der Waals surface area contributed by atoms with Gasteiger partial charge in [-0.2, -0.15) is 13.2 Å². The lowest BCUT2D eigenvalue weighted by atomic mass is 9.79. The second-order valence-electron chi connectivity index (χ2n) is 8.47. The first kappa shape index (κ1) is 22.2. The number of pyridine rings is 1. The number of halogens is 3. The van der Waals surface area contributed by atoms with Crippen LogP contribution in [0.25, 0.3) is 0 Å². The number of benzene rings is 1. The van der Waals surface area contributed by atoms with Gasteiger partial charge in [0.25, 0.3) is 0 Å². The molecule has 1 unspecified atom stereocenters. The molecule has 1 aromatic carbocycles. The first-order chi connectivity index (χ1) is 15.2. The quantitative estimate of drug-likeness (QED) is 0.579. The summed E-state index contributed by atoms with van der Waals surface area (Å²) in [7, 11) is 0. The second kappa shape index (κ2) is 8.48. The Hall–Kier alpha value is -3.03. The van der Waals surface area contributed by atoms with Gasteiger partial charge in [0.2, 0.25) is 5.88 Å². The molecule has 1 aliphatic carbocycles. The van der Waals surface area contributed by atoms with Crippen molar-refractivity contribution in [2.45, 2.75) is 51.8 Å². The van der Waals surface area contributed by atoms with Gasteiger partial charge in [-0.25, -0.2) is 9.78 Å². The summed E-state index contributed by atoms with van der Waals surface area (Å²) >= 11 is 0. The third kappa shape index (κ3) is 4.45. The van der Waals surface area contributed by atoms with Crippen LogP contribution in [0.4, 0.5) is 18.9 Å². The molecule has 2 aliphatic rings. The number of anilines is 1. The Morgan fingerprint density at radius 2 is 1.94 bits per heavy atom. The predicted octanol–water partition coefficient (Wildman–Crippen LogP) is 5.67. The van der Waals surface area contributed by atoms with E-state index in [-0.39, 0.29) is 29.7 Å². The first-order valence-corrected chi connectivity index (χ1v) is 10.6. The fraction of sp³-hybridized carbons (Fsp3) is 0.417. The van der Waals surface area contributed by atoms with Gasteiger partial charge < -0.3 is 14.8 Å². The third-order valence-corrected chi connectivity index (χ3v) is 5.55. The molecule has 0 saturated heterocycles. The van der Waals surface area contributed by atoms with Crippen LogP contribution in [0.2, 0.25) is 0 Å². The maximum absolute atomic E-state index is 14.0. The van der Waals surface area contributed by atoms with E-state index in [1.807, 2.05) is 13.8 Å². The van der Waals surface area contributed by atoms with Crippen molar-refractivity contribution < 1.29 is 27.4 Å². The van der Waals surface area contributed by atoms with E-state index in [0.29, 0.717) is 22.9 Å². The van der Waals surface area contributed by atoms with Crippen LogP contribution in [0.5, 0.6) is 5.88 Å². The van der Waals surface area contributed by atoms with Crippen molar-refractivity contribution >= 4 is 11.7 Å². The minimum absolute atomic E-state index is 0.0397. The Kier molecular flexibility index (Phi) is 5.88. The minimum atomic E-state index is -4.60. The molecule has 2 heterocycles. The number of rotatable bonds is 6. The number of nitrogens with zero attached hydrogens (tertiary/aromatic N) is 1. The number of ether oxygens (including phenoxy) is 2. The number of hydrogen-bond donors (Lipinski definition) is 1. The highest BCUT2D eigenvalue weighted by Crippen LogP contribution is 2.49. The molecule has 0 bridgehead atoms.